The fraction of sp³-hybridized carbons (Fsp3) is 0.308. The predicted molar refractivity (Wildman–Crippen MR) is 68.7 cm³/mol. The molecule has 0 amide bonds. The van der Waals surface area contributed by atoms with Crippen LogP contribution in [-0.2, 0) is 19.3 Å². The Morgan fingerprint density at radius 2 is 1.88 bits per heavy atom. The monoisotopic (exact) mass is 250 g/mol. The summed E-state index contributed by atoms with van der Waals surface area (Å²) in [6.45, 7) is 0.640. The Labute approximate surface area is 104 Å². The highest BCUT2D eigenvalue weighted by Crippen LogP contribution is 2.13. The summed E-state index contributed by atoms with van der Waals surface area (Å²) in [7, 11) is 0. The summed E-state index contributed by atoms with van der Waals surface area (Å²) in [5.41, 5.74) is 7.69. The van der Waals surface area contributed by atoms with Crippen molar-refractivity contribution in [2.45, 2.75) is 19.3 Å². The fourth-order valence-corrected chi connectivity index (χ4v) is 2.46. The summed E-state index contributed by atoms with van der Waals surface area (Å²) in [5, 5.41) is 3.19. The maximum atomic E-state index is 12.7. The van der Waals surface area contributed by atoms with Gasteiger partial charge in [0.2, 0.25) is 0 Å². The van der Waals surface area contributed by atoms with E-state index in [2.05, 4.69) is 10.4 Å². The van der Waals surface area contributed by atoms with E-state index < -0.39 is 0 Å². The van der Waals surface area contributed by atoms with E-state index in [9.17, 15) is 4.39 Å². The first kappa shape index (κ1) is 12.2. The number of nitrogens with two attached hydrogens (primary N) is 1. The maximum Gasteiger partial charge on any atom is 0.123 e. The summed E-state index contributed by atoms with van der Waals surface area (Å²) in [6.07, 6.45) is 2.64. The molecule has 17 heavy (non-hydrogen) atoms. The number of hydrogen-bond acceptors (Lipinski definition) is 3. The van der Waals surface area contributed by atoms with Gasteiger partial charge in [-0.25, -0.2) is 9.37 Å². The van der Waals surface area contributed by atoms with Crippen molar-refractivity contribution in [1.29, 1.82) is 0 Å². The van der Waals surface area contributed by atoms with Crippen LogP contribution in [-0.4, -0.2) is 11.5 Å². The van der Waals surface area contributed by atoms with E-state index >= 15 is 0 Å². The van der Waals surface area contributed by atoms with Crippen molar-refractivity contribution in [3.8, 4) is 0 Å². The van der Waals surface area contributed by atoms with Gasteiger partial charge in [-0.15, -0.1) is 11.3 Å². The van der Waals surface area contributed by atoms with Crippen LogP contribution < -0.4 is 5.73 Å². The molecule has 0 saturated carbocycles. The van der Waals surface area contributed by atoms with Crippen molar-refractivity contribution >= 4 is 11.3 Å². The first-order valence-electron chi connectivity index (χ1n) is 5.65. The van der Waals surface area contributed by atoms with E-state index in [1.165, 1.54) is 12.1 Å². The topological polar surface area (TPSA) is 38.9 Å². The SMILES string of the molecule is NCCc1csc(CCc2ccc(F)cc2)n1. The number of halogens is 1. The highest BCUT2D eigenvalue weighted by Gasteiger charge is 2.02. The Morgan fingerprint density at radius 3 is 2.59 bits per heavy atom. The van der Waals surface area contributed by atoms with Crippen LogP contribution >= 0.6 is 11.3 Å². The lowest BCUT2D eigenvalue weighted by molar-refractivity contribution is 0.627. The third-order valence-electron chi connectivity index (χ3n) is 2.54. The molecule has 0 bridgehead atoms. The van der Waals surface area contributed by atoms with E-state index in [0.29, 0.717) is 6.54 Å². The van der Waals surface area contributed by atoms with Gasteiger partial charge in [0, 0.05) is 18.2 Å². The zero-order valence-electron chi connectivity index (χ0n) is 9.53. The zero-order chi connectivity index (χ0) is 12.1. The Kier molecular flexibility index (Phi) is 4.23. The van der Waals surface area contributed by atoms with Crippen molar-refractivity contribution in [2.24, 2.45) is 5.73 Å². The first-order chi connectivity index (χ1) is 8.28. The molecule has 1 aromatic heterocycles. The molecule has 90 valence electrons. The minimum absolute atomic E-state index is 0.187. The number of nitrogens with zero attached hydrogens (tertiary/aromatic N) is 1. The van der Waals surface area contributed by atoms with Crippen LogP contribution in [0.15, 0.2) is 29.6 Å². The van der Waals surface area contributed by atoms with Gasteiger partial charge in [-0.05, 0) is 30.7 Å². The van der Waals surface area contributed by atoms with Crippen LogP contribution in [0, 0.1) is 5.82 Å². The van der Waals surface area contributed by atoms with Crippen molar-refractivity contribution in [3.63, 3.8) is 0 Å². The zero-order valence-corrected chi connectivity index (χ0v) is 10.3. The summed E-state index contributed by atoms with van der Waals surface area (Å²) in [5.74, 6) is -0.187. The summed E-state index contributed by atoms with van der Waals surface area (Å²) >= 11 is 1.67. The molecule has 0 aliphatic heterocycles. The summed E-state index contributed by atoms with van der Waals surface area (Å²) in [4.78, 5) is 4.50. The highest BCUT2D eigenvalue weighted by molar-refractivity contribution is 7.09. The molecular weight excluding hydrogens is 235 g/mol. The quantitative estimate of drug-likeness (QED) is 0.885. The molecule has 0 spiro atoms. The number of aryl methyl sites for hydroxylation is 2. The number of thiazole rings is 1. The second-order valence-electron chi connectivity index (χ2n) is 3.90. The van der Waals surface area contributed by atoms with Crippen molar-refractivity contribution in [1.82, 2.24) is 4.98 Å². The largest absolute Gasteiger partial charge is 0.330 e. The molecule has 2 aromatic rings. The van der Waals surface area contributed by atoms with Gasteiger partial charge in [0.05, 0.1) is 10.7 Å². The van der Waals surface area contributed by atoms with Gasteiger partial charge in [0.15, 0.2) is 0 Å². The normalized spacial score (nSPS) is 10.7. The third kappa shape index (κ3) is 3.61. The smallest absolute Gasteiger partial charge is 0.123 e. The van der Waals surface area contributed by atoms with Gasteiger partial charge in [0.25, 0.3) is 0 Å². The van der Waals surface area contributed by atoms with Gasteiger partial charge < -0.3 is 5.73 Å². The number of hydrogen-bond donors (Lipinski definition) is 1. The maximum absolute atomic E-state index is 12.7. The minimum Gasteiger partial charge on any atom is -0.330 e. The van der Waals surface area contributed by atoms with Crippen LogP contribution in [0.3, 0.4) is 0 Å². The van der Waals surface area contributed by atoms with Gasteiger partial charge in [-0.3, -0.25) is 0 Å². The van der Waals surface area contributed by atoms with Crippen molar-refractivity contribution in [2.75, 3.05) is 6.54 Å². The van der Waals surface area contributed by atoms with E-state index in [1.807, 2.05) is 12.1 Å². The lowest BCUT2D eigenvalue weighted by Crippen LogP contribution is -2.03. The van der Waals surface area contributed by atoms with Crippen molar-refractivity contribution < 1.29 is 4.39 Å². The lowest BCUT2D eigenvalue weighted by Gasteiger charge is -1.98. The van der Waals surface area contributed by atoms with E-state index in [1.54, 1.807) is 11.3 Å². The molecule has 2 nitrogen and oxygen atoms in total. The van der Waals surface area contributed by atoms with Crippen LogP contribution in [0.4, 0.5) is 4.39 Å². The van der Waals surface area contributed by atoms with Crippen LogP contribution in [0.1, 0.15) is 16.3 Å². The average Bonchev–Trinajstić information content (AvgIpc) is 2.77. The number of aromatic nitrogens is 1. The summed E-state index contributed by atoms with van der Waals surface area (Å²) < 4.78 is 12.7. The van der Waals surface area contributed by atoms with E-state index in [0.717, 1.165) is 35.5 Å². The predicted octanol–water partition coefficient (Wildman–Crippen LogP) is 2.57. The van der Waals surface area contributed by atoms with Gasteiger partial charge >= 0.3 is 0 Å². The second kappa shape index (κ2) is 5.89. The standard InChI is InChI=1S/C13H15FN2S/c14-11-4-1-10(2-5-11)3-6-13-16-12(7-8-15)9-17-13/h1-2,4-5,9H,3,6-8,15H2. The lowest BCUT2D eigenvalue weighted by atomic mass is 10.1. The minimum atomic E-state index is -0.187. The van der Waals surface area contributed by atoms with E-state index in [4.69, 9.17) is 5.73 Å². The van der Waals surface area contributed by atoms with Gasteiger partial charge in [0.1, 0.15) is 5.82 Å². The van der Waals surface area contributed by atoms with Crippen molar-refractivity contribution in [3.05, 3.63) is 51.7 Å². The highest BCUT2D eigenvalue weighted by atomic mass is 32.1. The number of rotatable bonds is 5. The number of benzene rings is 1. The molecule has 2 N–H and O–H groups in total. The molecule has 0 aliphatic rings. The molecule has 4 heteroatoms. The van der Waals surface area contributed by atoms with Crippen LogP contribution in [0.5, 0.6) is 0 Å². The molecule has 0 atom stereocenters. The third-order valence-corrected chi connectivity index (χ3v) is 3.50. The van der Waals surface area contributed by atoms with Gasteiger partial charge in [-0.2, -0.15) is 0 Å². The summed E-state index contributed by atoms with van der Waals surface area (Å²) in [6, 6.07) is 6.64. The average molecular weight is 250 g/mol. The van der Waals surface area contributed by atoms with Crippen LogP contribution in [0.2, 0.25) is 0 Å². The first-order valence-corrected chi connectivity index (χ1v) is 6.53. The molecule has 0 radical (unpaired) electrons. The van der Waals surface area contributed by atoms with Gasteiger partial charge in [-0.1, -0.05) is 12.1 Å². The van der Waals surface area contributed by atoms with E-state index in [-0.39, 0.29) is 5.82 Å². The fourth-order valence-electron chi connectivity index (χ4n) is 1.63. The molecular formula is C13H15FN2S. The second-order valence-corrected chi connectivity index (χ2v) is 4.84. The molecule has 0 fully saturated rings. The Bertz CT molecular complexity index is 465. The molecule has 1 heterocycles. The molecule has 2 rings (SSSR count). The molecule has 0 saturated heterocycles. The molecule has 1 aromatic carbocycles. The van der Waals surface area contributed by atoms with Crippen LogP contribution in [0.25, 0.3) is 0 Å². The molecule has 0 unspecified atom stereocenters. The Morgan fingerprint density at radius 1 is 1.12 bits per heavy atom. The Hall–Kier alpha value is -1.26. The molecule has 0 aliphatic carbocycles. The Balaban J connectivity index is 1.90.